The van der Waals surface area contributed by atoms with Gasteiger partial charge in [0.25, 0.3) is 0 Å². The highest BCUT2D eigenvalue weighted by atomic mass is 16.6. The number of fused-ring (bicyclic) bond motifs is 4. The lowest BCUT2D eigenvalue weighted by molar-refractivity contribution is -0.144. The maximum atomic E-state index is 12.9. The molecule has 0 bridgehead atoms. The Morgan fingerprint density at radius 3 is 2.72 bits per heavy atom. The van der Waals surface area contributed by atoms with Crippen molar-refractivity contribution in [2.24, 2.45) is 11.7 Å². The Hall–Kier alpha value is -2.39. The molecule has 4 aliphatic rings. The zero-order valence-electron chi connectivity index (χ0n) is 14.1. The van der Waals surface area contributed by atoms with E-state index in [1.165, 1.54) is 20.3 Å². The number of likely N-dealkylation sites (N-methyl/N-ethyl adjacent to an activating group) is 1. The monoisotopic (exact) mass is 349 g/mol. The van der Waals surface area contributed by atoms with Crippen LogP contribution in [-0.4, -0.2) is 79.7 Å². The normalized spacial score (nSPS) is 38.2. The van der Waals surface area contributed by atoms with E-state index in [9.17, 15) is 14.4 Å². The number of nitrogens with zero attached hydrogens (tertiary/aromatic N) is 2. The van der Waals surface area contributed by atoms with Crippen LogP contribution in [0.15, 0.2) is 23.1 Å². The molecular weight excluding hydrogens is 330 g/mol. The number of piperazine rings is 1. The minimum atomic E-state index is -0.943. The number of methoxy groups -OCH3 is 2. The van der Waals surface area contributed by atoms with Crippen LogP contribution in [-0.2, 0) is 23.8 Å². The van der Waals surface area contributed by atoms with E-state index in [2.05, 4.69) is 4.90 Å². The van der Waals surface area contributed by atoms with Crippen LogP contribution in [0.4, 0.5) is 4.79 Å². The number of nitrogens with two attached hydrogens (primary N) is 1. The molecule has 0 spiro atoms. The lowest BCUT2D eigenvalue weighted by Gasteiger charge is -2.40. The lowest BCUT2D eigenvalue weighted by Crippen LogP contribution is -2.55. The number of carbonyl (C=O) groups is 3. The Balaban J connectivity index is 1.82. The SMILES string of the molecule is COC1=CC(=O)C2=C(C1=O)C(COC(N)=O)[C@@]1(OC)C3C(CN21)N3C. The zero-order valence-corrected chi connectivity index (χ0v) is 14.1. The molecule has 1 aliphatic carbocycles. The standard InChI is InChI=1S/C16H19N3O6/c1-18-8-5-19-12-9(20)4-10(23-2)13(21)11(12)7(6-25-15(17)22)16(19,24-3)14(8)18/h4,7-8,14H,5-6H2,1-3H3,(H2,17,22)/t7?,8?,14?,16-,18?/m1/s1. The summed E-state index contributed by atoms with van der Waals surface area (Å²) in [5.74, 6) is -1.35. The summed E-state index contributed by atoms with van der Waals surface area (Å²) < 4.78 is 16.0. The van der Waals surface area contributed by atoms with E-state index in [1.54, 1.807) is 0 Å². The molecule has 25 heavy (non-hydrogen) atoms. The Labute approximate surface area is 143 Å². The molecule has 4 rings (SSSR count). The van der Waals surface area contributed by atoms with Crippen molar-refractivity contribution in [3.63, 3.8) is 0 Å². The van der Waals surface area contributed by atoms with Crippen molar-refractivity contribution in [1.82, 2.24) is 9.80 Å². The smallest absolute Gasteiger partial charge is 0.404 e. The van der Waals surface area contributed by atoms with Gasteiger partial charge in [-0.25, -0.2) is 4.79 Å². The van der Waals surface area contributed by atoms with E-state index < -0.39 is 17.7 Å². The Morgan fingerprint density at radius 1 is 1.40 bits per heavy atom. The van der Waals surface area contributed by atoms with Gasteiger partial charge in [0, 0.05) is 31.3 Å². The molecule has 9 nitrogen and oxygen atoms in total. The van der Waals surface area contributed by atoms with Crippen LogP contribution in [0.5, 0.6) is 0 Å². The van der Waals surface area contributed by atoms with E-state index >= 15 is 0 Å². The second kappa shape index (κ2) is 5.06. The van der Waals surface area contributed by atoms with E-state index in [0.29, 0.717) is 12.2 Å². The summed E-state index contributed by atoms with van der Waals surface area (Å²) in [7, 11) is 4.83. The van der Waals surface area contributed by atoms with Gasteiger partial charge in [0.2, 0.25) is 11.6 Å². The summed E-state index contributed by atoms with van der Waals surface area (Å²) >= 11 is 0. The third-order valence-electron chi connectivity index (χ3n) is 5.73. The molecule has 3 heterocycles. The molecule has 0 radical (unpaired) electrons. The summed E-state index contributed by atoms with van der Waals surface area (Å²) in [5, 5.41) is 0. The second-order valence-corrected chi connectivity index (χ2v) is 6.60. The Bertz CT molecular complexity index is 759. The molecule has 2 fully saturated rings. The number of ether oxygens (including phenoxy) is 3. The molecule has 0 saturated carbocycles. The van der Waals surface area contributed by atoms with Crippen molar-refractivity contribution in [2.45, 2.75) is 17.8 Å². The van der Waals surface area contributed by atoms with Crippen LogP contribution in [0.1, 0.15) is 0 Å². The van der Waals surface area contributed by atoms with Crippen molar-refractivity contribution < 1.29 is 28.6 Å². The average molecular weight is 349 g/mol. The number of carbonyl (C=O) groups excluding carboxylic acids is 3. The molecule has 2 saturated heterocycles. The number of hydrogen-bond donors (Lipinski definition) is 1. The van der Waals surface area contributed by atoms with Gasteiger partial charge >= 0.3 is 6.09 Å². The fourth-order valence-corrected chi connectivity index (χ4v) is 4.68. The molecule has 3 aliphatic heterocycles. The van der Waals surface area contributed by atoms with E-state index in [0.717, 1.165) is 0 Å². The summed E-state index contributed by atoms with van der Waals surface area (Å²) in [6.45, 7) is 0.418. The molecule has 5 atom stereocenters. The first kappa shape index (κ1) is 16.1. The zero-order chi connectivity index (χ0) is 18.1. The van der Waals surface area contributed by atoms with Crippen LogP contribution in [0, 0.1) is 5.92 Å². The number of allylic oxidation sites excluding steroid dienone is 2. The minimum absolute atomic E-state index is 0.00354. The molecule has 9 heteroatoms. The van der Waals surface area contributed by atoms with Crippen LogP contribution < -0.4 is 5.73 Å². The quantitative estimate of drug-likeness (QED) is 0.508. The maximum absolute atomic E-state index is 12.9. The number of rotatable bonds is 4. The van der Waals surface area contributed by atoms with E-state index in [4.69, 9.17) is 19.9 Å². The number of Topliss-reactive ketones (excluding diaryl/α,β-unsaturated/α-hetero) is 1. The van der Waals surface area contributed by atoms with Gasteiger partial charge in [0.15, 0.2) is 11.5 Å². The summed E-state index contributed by atoms with van der Waals surface area (Å²) in [6, 6.07) is 0.219. The van der Waals surface area contributed by atoms with Gasteiger partial charge in [-0.3, -0.25) is 14.5 Å². The van der Waals surface area contributed by atoms with E-state index in [-0.39, 0.29) is 41.6 Å². The van der Waals surface area contributed by atoms with Crippen LogP contribution >= 0.6 is 0 Å². The Kier molecular flexibility index (Phi) is 3.26. The van der Waals surface area contributed by atoms with Gasteiger partial charge in [0.1, 0.15) is 6.61 Å². The van der Waals surface area contributed by atoms with Crippen LogP contribution in [0.25, 0.3) is 0 Å². The first-order chi connectivity index (χ1) is 11.9. The van der Waals surface area contributed by atoms with Gasteiger partial charge in [-0.2, -0.15) is 0 Å². The summed E-state index contributed by atoms with van der Waals surface area (Å²) in [5.41, 5.74) is 4.76. The fraction of sp³-hybridized carbons (Fsp3) is 0.562. The van der Waals surface area contributed by atoms with Crippen molar-refractivity contribution >= 4 is 17.7 Å². The molecule has 0 aromatic heterocycles. The number of hydrogen-bond acceptors (Lipinski definition) is 8. The Morgan fingerprint density at radius 2 is 2.12 bits per heavy atom. The van der Waals surface area contributed by atoms with Gasteiger partial charge in [-0.15, -0.1) is 0 Å². The molecule has 0 aromatic rings. The molecule has 2 N–H and O–H groups in total. The highest BCUT2D eigenvalue weighted by Gasteiger charge is 2.75. The maximum Gasteiger partial charge on any atom is 0.404 e. The van der Waals surface area contributed by atoms with Crippen molar-refractivity contribution in [3.05, 3.63) is 23.1 Å². The fourth-order valence-electron chi connectivity index (χ4n) is 4.68. The highest BCUT2D eigenvalue weighted by molar-refractivity contribution is 6.22. The molecule has 0 aromatic carbocycles. The topological polar surface area (TPSA) is 111 Å². The molecule has 1 amide bonds. The first-order valence-corrected chi connectivity index (χ1v) is 7.94. The third kappa shape index (κ3) is 1.82. The number of ketones is 2. The van der Waals surface area contributed by atoms with Crippen LogP contribution in [0.2, 0.25) is 0 Å². The average Bonchev–Trinajstić information content (AvgIpc) is 2.96. The lowest BCUT2D eigenvalue weighted by atomic mass is 9.84. The van der Waals surface area contributed by atoms with E-state index in [1.807, 2.05) is 11.9 Å². The van der Waals surface area contributed by atoms with Gasteiger partial charge in [-0.05, 0) is 7.05 Å². The van der Waals surface area contributed by atoms with Gasteiger partial charge < -0.3 is 24.8 Å². The highest BCUT2D eigenvalue weighted by Crippen LogP contribution is 2.58. The predicted octanol–water partition coefficient (Wildman–Crippen LogP) is -1.01. The minimum Gasteiger partial charge on any atom is -0.493 e. The predicted molar refractivity (Wildman–Crippen MR) is 82.9 cm³/mol. The number of amides is 1. The first-order valence-electron chi connectivity index (χ1n) is 7.94. The summed E-state index contributed by atoms with van der Waals surface area (Å²) in [6.07, 6.45) is 0.259. The third-order valence-corrected chi connectivity index (χ3v) is 5.73. The molecular formula is C16H19N3O6. The number of primary amides is 1. The molecule has 4 unspecified atom stereocenters. The summed E-state index contributed by atoms with van der Waals surface area (Å²) in [4.78, 5) is 40.6. The largest absolute Gasteiger partial charge is 0.493 e. The van der Waals surface area contributed by atoms with Crippen molar-refractivity contribution in [3.8, 4) is 0 Å². The van der Waals surface area contributed by atoms with Crippen molar-refractivity contribution in [1.29, 1.82) is 0 Å². The van der Waals surface area contributed by atoms with Crippen LogP contribution in [0.3, 0.4) is 0 Å². The van der Waals surface area contributed by atoms with Gasteiger partial charge in [-0.1, -0.05) is 0 Å². The molecule has 134 valence electrons. The van der Waals surface area contributed by atoms with Gasteiger partial charge in [0.05, 0.1) is 24.8 Å². The second-order valence-electron chi connectivity index (χ2n) is 6.60. The van der Waals surface area contributed by atoms with Crippen molar-refractivity contribution in [2.75, 3.05) is 34.4 Å².